The van der Waals surface area contributed by atoms with Crippen molar-refractivity contribution in [2.75, 3.05) is 24.7 Å². The minimum Gasteiger partial charge on any atom is -0.444 e. The number of hydrogen-bond acceptors (Lipinski definition) is 9. The lowest BCUT2D eigenvalue weighted by Gasteiger charge is -2.30. The fourth-order valence-corrected chi connectivity index (χ4v) is 5.72. The molecule has 13 heteroatoms. The third-order valence-electron chi connectivity index (χ3n) is 6.21. The van der Waals surface area contributed by atoms with E-state index in [1.165, 1.54) is 21.3 Å². The van der Waals surface area contributed by atoms with Gasteiger partial charge in [0.15, 0.2) is 6.73 Å². The molecule has 0 radical (unpaired) electrons. The van der Waals surface area contributed by atoms with Gasteiger partial charge in [-0.15, -0.1) is 0 Å². The Labute approximate surface area is 211 Å². The molecule has 2 aromatic rings. The molecule has 2 aromatic carbocycles. The lowest BCUT2D eigenvalue weighted by Crippen LogP contribution is -2.41. The van der Waals surface area contributed by atoms with Crippen molar-refractivity contribution in [3.05, 3.63) is 69.8 Å². The number of fused-ring (bicyclic) bond motifs is 1. The van der Waals surface area contributed by atoms with E-state index >= 15 is 0 Å². The third kappa shape index (κ3) is 4.78. The molecule has 1 fully saturated rings. The van der Waals surface area contributed by atoms with Crippen LogP contribution in [0.3, 0.4) is 0 Å². The fourth-order valence-electron chi connectivity index (χ4n) is 4.25. The number of carbonyl (C=O) groups excluding carboxylic acids is 2. The van der Waals surface area contributed by atoms with Crippen LogP contribution in [-0.4, -0.2) is 49.3 Å². The molecule has 0 aliphatic carbocycles. The molecule has 0 saturated carbocycles. The van der Waals surface area contributed by atoms with Crippen molar-refractivity contribution in [2.24, 2.45) is 5.92 Å². The van der Waals surface area contributed by atoms with Gasteiger partial charge in [0.1, 0.15) is 17.7 Å². The van der Waals surface area contributed by atoms with E-state index in [2.05, 4.69) is 0 Å². The number of benzene rings is 2. The Morgan fingerprint density at radius 1 is 1.08 bits per heavy atom. The van der Waals surface area contributed by atoms with Gasteiger partial charge in [0.2, 0.25) is 10.0 Å². The average Bonchev–Trinajstić information content (AvgIpc) is 3.19. The maximum Gasteiger partial charge on any atom is 0.310 e. The largest absolute Gasteiger partial charge is 0.444 e. The van der Waals surface area contributed by atoms with Gasteiger partial charge in [-0.05, 0) is 31.0 Å². The smallest absolute Gasteiger partial charge is 0.310 e. The Morgan fingerprint density at radius 2 is 1.70 bits per heavy atom. The molecule has 2 aliphatic rings. The van der Waals surface area contributed by atoms with Crippen molar-refractivity contribution in [1.82, 2.24) is 4.31 Å². The van der Waals surface area contributed by atoms with Gasteiger partial charge < -0.3 is 4.74 Å². The molecular formula is C24H19N5O7S. The quantitative estimate of drug-likeness (QED) is 0.182. The Kier molecular flexibility index (Phi) is 7.02. The highest BCUT2D eigenvalue weighted by Crippen LogP contribution is 2.38. The number of nitro benzene ring substituents is 1. The number of nitriles is 2. The number of sulfonamides is 1. The van der Waals surface area contributed by atoms with Crippen molar-refractivity contribution in [3.8, 4) is 12.1 Å². The van der Waals surface area contributed by atoms with Crippen LogP contribution in [0.5, 0.6) is 0 Å². The standard InChI is InChI=1S/C24H19N5O7S/c25-13-17(14-26)22-20-3-1-2-4-21(20)28(23(22)30)15-36-24(31)16-9-11-27(12-10-16)37(34,35)19-7-5-18(6-8-19)29(32)33/h1-8,16H,9-12,15H2. The van der Waals surface area contributed by atoms with Crippen molar-refractivity contribution in [3.63, 3.8) is 0 Å². The second kappa shape index (κ2) is 10.2. The number of carbonyl (C=O) groups is 2. The molecule has 0 aromatic heterocycles. The summed E-state index contributed by atoms with van der Waals surface area (Å²) in [6, 6.07) is 14.6. The van der Waals surface area contributed by atoms with Crippen LogP contribution in [0.2, 0.25) is 0 Å². The summed E-state index contributed by atoms with van der Waals surface area (Å²) in [5.41, 5.74) is 0.182. The molecule has 0 atom stereocenters. The first-order valence-corrected chi connectivity index (χ1v) is 12.5. The second-order valence-corrected chi connectivity index (χ2v) is 10.2. The van der Waals surface area contributed by atoms with E-state index in [-0.39, 0.29) is 47.7 Å². The number of ether oxygens (including phenoxy) is 1. The average molecular weight is 522 g/mol. The molecule has 188 valence electrons. The van der Waals surface area contributed by atoms with Gasteiger partial charge in [-0.2, -0.15) is 14.8 Å². The number of allylic oxidation sites excluding steroid dienone is 1. The first-order valence-electron chi connectivity index (χ1n) is 11.1. The van der Waals surface area contributed by atoms with Crippen molar-refractivity contribution in [1.29, 1.82) is 10.5 Å². The Morgan fingerprint density at radius 3 is 2.30 bits per heavy atom. The van der Waals surface area contributed by atoms with Gasteiger partial charge in [-0.1, -0.05) is 18.2 Å². The molecule has 0 N–H and O–H groups in total. The maximum atomic E-state index is 12.9. The maximum absolute atomic E-state index is 12.9. The lowest BCUT2D eigenvalue weighted by molar-refractivity contribution is -0.384. The third-order valence-corrected chi connectivity index (χ3v) is 8.12. The minimum atomic E-state index is -3.89. The number of nitrogens with zero attached hydrogens (tertiary/aromatic N) is 5. The SMILES string of the molecule is N#CC(C#N)=C1C(=O)N(COC(=O)C2CCN(S(=O)(=O)c3ccc([N+](=O)[O-])cc3)CC2)c2ccccc21. The number of para-hydroxylation sites is 1. The van der Waals surface area contributed by atoms with Gasteiger partial charge in [0, 0.05) is 30.8 Å². The molecule has 2 heterocycles. The van der Waals surface area contributed by atoms with Gasteiger partial charge in [0.25, 0.3) is 11.6 Å². The summed E-state index contributed by atoms with van der Waals surface area (Å²) in [5.74, 6) is -1.83. The summed E-state index contributed by atoms with van der Waals surface area (Å²) in [4.78, 5) is 36.9. The number of nitro groups is 1. The van der Waals surface area contributed by atoms with E-state index in [9.17, 15) is 38.6 Å². The lowest BCUT2D eigenvalue weighted by atomic mass is 9.98. The van der Waals surface area contributed by atoms with Crippen LogP contribution in [-0.2, 0) is 24.3 Å². The minimum absolute atomic E-state index is 0.0468. The number of anilines is 1. The number of hydrogen-bond donors (Lipinski definition) is 0. The van der Waals surface area contributed by atoms with Crippen molar-refractivity contribution < 1.29 is 27.7 Å². The van der Waals surface area contributed by atoms with Crippen LogP contribution in [0.4, 0.5) is 11.4 Å². The molecule has 4 rings (SSSR count). The highest BCUT2D eigenvalue weighted by atomic mass is 32.2. The zero-order valence-electron chi connectivity index (χ0n) is 19.2. The van der Waals surface area contributed by atoms with Gasteiger partial charge in [-0.3, -0.25) is 24.6 Å². The highest BCUT2D eigenvalue weighted by molar-refractivity contribution is 7.89. The Hall–Kier alpha value is -4.59. The molecule has 37 heavy (non-hydrogen) atoms. The molecular weight excluding hydrogens is 502 g/mol. The predicted octanol–water partition coefficient (Wildman–Crippen LogP) is 2.34. The highest BCUT2D eigenvalue weighted by Gasteiger charge is 2.37. The fraction of sp³-hybridized carbons (Fsp3) is 0.250. The van der Waals surface area contributed by atoms with E-state index in [0.717, 1.165) is 12.1 Å². The zero-order valence-corrected chi connectivity index (χ0v) is 20.1. The van der Waals surface area contributed by atoms with E-state index in [4.69, 9.17) is 4.74 Å². The summed E-state index contributed by atoms with van der Waals surface area (Å²) in [7, 11) is -3.89. The van der Waals surface area contributed by atoms with E-state index in [1.807, 2.05) is 0 Å². The van der Waals surface area contributed by atoms with E-state index in [0.29, 0.717) is 11.3 Å². The van der Waals surface area contributed by atoms with Gasteiger partial charge >= 0.3 is 5.97 Å². The van der Waals surface area contributed by atoms with E-state index < -0.39 is 39.5 Å². The zero-order chi connectivity index (χ0) is 26.7. The van der Waals surface area contributed by atoms with Crippen LogP contribution in [0.25, 0.3) is 5.57 Å². The molecule has 1 amide bonds. The van der Waals surface area contributed by atoms with Gasteiger partial charge in [-0.25, -0.2) is 8.42 Å². The summed E-state index contributed by atoms with van der Waals surface area (Å²) >= 11 is 0. The summed E-state index contributed by atoms with van der Waals surface area (Å²) in [5, 5.41) is 29.3. The molecule has 2 aliphatic heterocycles. The summed E-state index contributed by atoms with van der Waals surface area (Å²) in [6.07, 6.45) is 0.376. The van der Waals surface area contributed by atoms with E-state index in [1.54, 1.807) is 36.4 Å². The molecule has 0 spiro atoms. The predicted molar refractivity (Wildman–Crippen MR) is 128 cm³/mol. The normalized spacial score (nSPS) is 16.0. The first kappa shape index (κ1) is 25.5. The monoisotopic (exact) mass is 521 g/mol. The molecule has 12 nitrogen and oxygen atoms in total. The van der Waals surface area contributed by atoms with Crippen molar-refractivity contribution >= 4 is 38.8 Å². The topological polar surface area (TPSA) is 175 Å². The Balaban J connectivity index is 1.39. The number of amides is 1. The molecule has 0 unspecified atom stereocenters. The van der Waals surface area contributed by atoms with Crippen LogP contribution in [0.15, 0.2) is 59.0 Å². The van der Waals surface area contributed by atoms with Crippen LogP contribution in [0.1, 0.15) is 18.4 Å². The summed E-state index contributed by atoms with van der Waals surface area (Å²) < 4.78 is 32.3. The van der Waals surface area contributed by atoms with Crippen molar-refractivity contribution in [2.45, 2.75) is 17.7 Å². The number of non-ortho nitro benzene ring substituents is 1. The molecule has 0 bridgehead atoms. The van der Waals surface area contributed by atoms with Crippen LogP contribution < -0.4 is 4.90 Å². The van der Waals surface area contributed by atoms with Crippen LogP contribution in [0, 0.1) is 38.7 Å². The van der Waals surface area contributed by atoms with Crippen LogP contribution >= 0.6 is 0 Å². The number of rotatable bonds is 6. The first-order chi connectivity index (χ1) is 17.7. The second-order valence-electron chi connectivity index (χ2n) is 8.25. The van der Waals surface area contributed by atoms with Gasteiger partial charge in [0.05, 0.1) is 27.0 Å². The number of esters is 1. The Bertz CT molecular complexity index is 1480. The number of piperidine rings is 1. The summed E-state index contributed by atoms with van der Waals surface area (Å²) in [6.45, 7) is -0.333. The molecule has 1 saturated heterocycles.